The standard InChI is InChI=1S/C5H8N2O/c1-5(8)7-4-2-3-6-7/h2-5,8H,1H3. The van der Waals surface area contributed by atoms with E-state index < -0.39 is 6.23 Å². The maximum Gasteiger partial charge on any atom is 0.144 e. The molecular formula is C5H8N2O. The van der Waals surface area contributed by atoms with E-state index in [1.54, 1.807) is 25.4 Å². The summed E-state index contributed by atoms with van der Waals surface area (Å²) >= 11 is 0. The van der Waals surface area contributed by atoms with Crippen molar-refractivity contribution in [3.05, 3.63) is 18.5 Å². The Hall–Kier alpha value is -0.830. The molecule has 0 aromatic carbocycles. The highest BCUT2D eigenvalue weighted by Gasteiger charge is 1.93. The molecule has 0 amide bonds. The number of rotatable bonds is 1. The van der Waals surface area contributed by atoms with Crippen LogP contribution in [0.15, 0.2) is 18.5 Å². The lowest BCUT2D eigenvalue weighted by Gasteiger charge is -2.00. The molecule has 1 atom stereocenters. The fourth-order valence-electron chi connectivity index (χ4n) is 0.502. The fraction of sp³-hybridized carbons (Fsp3) is 0.400. The van der Waals surface area contributed by atoms with Crippen molar-refractivity contribution in [2.75, 3.05) is 0 Å². The van der Waals surface area contributed by atoms with Crippen molar-refractivity contribution in [1.82, 2.24) is 9.78 Å². The Kier molecular flexibility index (Phi) is 1.30. The topological polar surface area (TPSA) is 38.0 Å². The van der Waals surface area contributed by atoms with E-state index in [4.69, 9.17) is 5.11 Å². The largest absolute Gasteiger partial charge is 0.372 e. The first-order valence-corrected chi connectivity index (χ1v) is 2.48. The number of nitrogens with zero attached hydrogens (tertiary/aromatic N) is 2. The minimum atomic E-state index is -0.509. The summed E-state index contributed by atoms with van der Waals surface area (Å²) in [5, 5.41) is 12.6. The van der Waals surface area contributed by atoms with Gasteiger partial charge < -0.3 is 5.11 Å². The summed E-state index contributed by atoms with van der Waals surface area (Å²) in [4.78, 5) is 0. The molecule has 0 bridgehead atoms. The highest BCUT2D eigenvalue weighted by atomic mass is 16.3. The molecule has 1 unspecified atom stereocenters. The number of aliphatic hydroxyl groups is 1. The number of aromatic nitrogens is 2. The third kappa shape index (κ3) is 0.869. The summed E-state index contributed by atoms with van der Waals surface area (Å²) in [5.74, 6) is 0. The molecule has 1 aromatic rings. The maximum atomic E-state index is 8.81. The molecule has 3 heteroatoms. The minimum absolute atomic E-state index is 0.509. The van der Waals surface area contributed by atoms with Gasteiger partial charge in [0.1, 0.15) is 6.23 Å². The SMILES string of the molecule is CC(O)n1cccn1. The van der Waals surface area contributed by atoms with Gasteiger partial charge in [-0.25, -0.2) is 4.68 Å². The lowest BCUT2D eigenvalue weighted by molar-refractivity contribution is 0.110. The van der Waals surface area contributed by atoms with Crippen molar-refractivity contribution in [2.24, 2.45) is 0 Å². The molecule has 44 valence electrons. The summed E-state index contributed by atoms with van der Waals surface area (Å²) in [7, 11) is 0. The van der Waals surface area contributed by atoms with Crippen LogP contribution in [0.3, 0.4) is 0 Å². The van der Waals surface area contributed by atoms with E-state index in [1.165, 1.54) is 4.68 Å². The predicted octanol–water partition coefficient (Wildman–Crippen LogP) is 0.394. The lowest BCUT2D eigenvalue weighted by Crippen LogP contribution is -2.02. The molecule has 0 fully saturated rings. The van der Waals surface area contributed by atoms with Crippen LogP contribution < -0.4 is 0 Å². The number of hydrogen-bond donors (Lipinski definition) is 1. The molecule has 0 aliphatic rings. The van der Waals surface area contributed by atoms with E-state index in [1.807, 2.05) is 0 Å². The van der Waals surface area contributed by atoms with E-state index in [0.717, 1.165) is 0 Å². The maximum absolute atomic E-state index is 8.81. The van der Waals surface area contributed by atoms with Gasteiger partial charge in [0.25, 0.3) is 0 Å². The normalized spacial score (nSPS) is 13.8. The average molecular weight is 112 g/mol. The molecule has 1 N–H and O–H groups in total. The van der Waals surface area contributed by atoms with E-state index >= 15 is 0 Å². The van der Waals surface area contributed by atoms with Gasteiger partial charge in [0.2, 0.25) is 0 Å². The zero-order chi connectivity index (χ0) is 5.98. The molecule has 0 aliphatic carbocycles. The Labute approximate surface area is 47.6 Å². The Morgan fingerprint density at radius 1 is 1.75 bits per heavy atom. The smallest absolute Gasteiger partial charge is 0.144 e. The van der Waals surface area contributed by atoms with Gasteiger partial charge in [0.05, 0.1) is 0 Å². The van der Waals surface area contributed by atoms with Gasteiger partial charge in [-0.05, 0) is 13.0 Å². The summed E-state index contributed by atoms with van der Waals surface area (Å²) in [6.07, 6.45) is 2.84. The molecule has 8 heavy (non-hydrogen) atoms. The van der Waals surface area contributed by atoms with E-state index in [-0.39, 0.29) is 0 Å². The molecule has 1 aromatic heterocycles. The van der Waals surface area contributed by atoms with Gasteiger partial charge in [-0.15, -0.1) is 0 Å². The summed E-state index contributed by atoms with van der Waals surface area (Å²) < 4.78 is 1.47. The highest BCUT2D eigenvalue weighted by Crippen LogP contribution is 1.94. The van der Waals surface area contributed by atoms with E-state index in [9.17, 15) is 0 Å². The van der Waals surface area contributed by atoms with Crippen LogP contribution in [0, 0.1) is 0 Å². The zero-order valence-electron chi connectivity index (χ0n) is 4.65. The van der Waals surface area contributed by atoms with Crippen molar-refractivity contribution >= 4 is 0 Å². The second kappa shape index (κ2) is 1.96. The van der Waals surface area contributed by atoms with Crippen LogP contribution >= 0.6 is 0 Å². The van der Waals surface area contributed by atoms with Crippen molar-refractivity contribution in [1.29, 1.82) is 0 Å². The first-order valence-electron chi connectivity index (χ1n) is 2.48. The molecule has 1 heterocycles. The Balaban J connectivity index is 2.77. The minimum Gasteiger partial charge on any atom is -0.372 e. The molecule has 0 saturated carbocycles. The summed E-state index contributed by atoms with van der Waals surface area (Å²) in [5.41, 5.74) is 0. The van der Waals surface area contributed by atoms with Crippen LogP contribution in [-0.4, -0.2) is 14.9 Å². The molecular weight excluding hydrogens is 104 g/mol. The lowest BCUT2D eigenvalue weighted by atomic mass is 10.6. The van der Waals surface area contributed by atoms with Gasteiger partial charge in [-0.2, -0.15) is 5.10 Å². The van der Waals surface area contributed by atoms with Crippen LogP contribution in [0.25, 0.3) is 0 Å². The first kappa shape index (κ1) is 5.31. The van der Waals surface area contributed by atoms with Gasteiger partial charge in [-0.1, -0.05) is 0 Å². The quantitative estimate of drug-likeness (QED) is 0.570. The van der Waals surface area contributed by atoms with Crippen LogP contribution in [-0.2, 0) is 0 Å². The summed E-state index contributed by atoms with van der Waals surface area (Å²) in [6.45, 7) is 1.66. The van der Waals surface area contributed by atoms with Gasteiger partial charge in [0, 0.05) is 12.4 Å². The van der Waals surface area contributed by atoms with Gasteiger partial charge in [-0.3, -0.25) is 0 Å². The molecule has 0 saturated heterocycles. The van der Waals surface area contributed by atoms with Crippen LogP contribution in [0.2, 0.25) is 0 Å². The van der Waals surface area contributed by atoms with Crippen molar-refractivity contribution < 1.29 is 5.11 Å². The Morgan fingerprint density at radius 2 is 2.50 bits per heavy atom. The molecule has 3 nitrogen and oxygen atoms in total. The second-order valence-electron chi connectivity index (χ2n) is 1.62. The second-order valence-corrected chi connectivity index (χ2v) is 1.62. The summed E-state index contributed by atoms with van der Waals surface area (Å²) in [6, 6.07) is 1.77. The van der Waals surface area contributed by atoms with Gasteiger partial charge in [0.15, 0.2) is 0 Å². The van der Waals surface area contributed by atoms with Crippen LogP contribution in [0.5, 0.6) is 0 Å². The van der Waals surface area contributed by atoms with Crippen LogP contribution in [0.4, 0.5) is 0 Å². The van der Waals surface area contributed by atoms with Crippen molar-refractivity contribution in [2.45, 2.75) is 13.2 Å². The number of hydrogen-bond acceptors (Lipinski definition) is 2. The molecule has 0 aliphatic heterocycles. The van der Waals surface area contributed by atoms with Crippen molar-refractivity contribution in [3.8, 4) is 0 Å². The van der Waals surface area contributed by atoms with Crippen LogP contribution in [0.1, 0.15) is 13.2 Å². The van der Waals surface area contributed by atoms with Crippen molar-refractivity contribution in [3.63, 3.8) is 0 Å². The Morgan fingerprint density at radius 3 is 2.75 bits per heavy atom. The monoisotopic (exact) mass is 112 g/mol. The zero-order valence-corrected chi connectivity index (χ0v) is 4.65. The third-order valence-corrected chi connectivity index (χ3v) is 0.908. The Bertz CT molecular complexity index is 145. The number of aliphatic hydroxyl groups excluding tert-OH is 1. The molecule has 0 radical (unpaired) electrons. The average Bonchev–Trinajstić information content (AvgIpc) is 2.12. The first-order chi connectivity index (χ1) is 3.80. The third-order valence-electron chi connectivity index (χ3n) is 0.908. The van der Waals surface area contributed by atoms with E-state index in [0.29, 0.717) is 0 Å². The molecule has 0 spiro atoms. The molecule has 1 rings (SSSR count). The fourth-order valence-corrected chi connectivity index (χ4v) is 0.502. The van der Waals surface area contributed by atoms with E-state index in [2.05, 4.69) is 5.10 Å². The van der Waals surface area contributed by atoms with Gasteiger partial charge >= 0.3 is 0 Å². The predicted molar refractivity (Wildman–Crippen MR) is 29.2 cm³/mol. The highest BCUT2D eigenvalue weighted by molar-refractivity contribution is 4.78.